The van der Waals surface area contributed by atoms with E-state index in [2.05, 4.69) is 15.8 Å². The van der Waals surface area contributed by atoms with Crippen molar-refractivity contribution in [3.05, 3.63) is 49.5 Å². The summed E-state index contributed by atoms with van der Waals surface area (Å²) in [5, 5.41) is 11.8. The third kappa shape index (κ3) is 5.16. The number of benzene rings is 1. The van der Waals surface area contributed by atoms with Gasteiger partial charge in [0, 0.05) is 12.5 Å². The van der Waals surface area contributed by atoms with Gasteiger partial charge in [-0.25, -0.2) is 4.98 Å². The van der Waals surface area contributed by atoms with Crippen LogP contribution >= 0.6 is 11.3 Å². The Morgan fingerprint density at radius 1 is 1.37 bits per heavy atom. The summed E-state index contributed by atoms with van der Waals surface area (Å²) in [7, 11) is 0. The number of halogens is 3. The Kier molecular flexibility index (Phi) is 6.04. The molecule has 0 radical (unpaired) electrons. The van der Waals surface area contributed by atoms with E-state index in [4.69, 9.17) is 0 Å². The molecule has 0 bridgehead atoms. The van der Waals surface area contributed by atoms with Gasteiger partial charge in [-0.05, 0) is 25.0 Å². The van der Waals surface area contributed by atoms with Crippen LogP contribution in [0.1, 0.15) is 39.8 Å². The van der Waals surface area contributed by atoms with E-state index < -0.39 is 28.3 Å². The highest BCUT2D eigenvalue weighted by molar-refractivity contribution is 7.13. The summed E-state index contributed by atoms with van der Waals surface area (Å²) < 4.78 is 38.2. The van der Waals surface area contributed by atoms with Crippen molar-refractivity contribution >= 4 is 28.6 Å². The van der Waals surface area contributed by atoms with Gasteiger partial charge in [0.05, 0.1) is 21.2 Å². The van der Waals surface area contributed by atoms with E-state index >= 15 is 0 Å². The Morgan fingerprint density at radius 2 is 2.04 bits per heavy atom. The van der Waals surface area contributed by atoms with Crippen molar-refractivity contribution in [2.24, 2.45) is 5.92 Å². The molecule has 1 aromatic heterocycles. The summed E-state index contributed by atoms with van der Waals surface area (Å²) in [4.78, 5) is 27.0. The second-order valence-corrected chi connectivity index (χ2v) is 7.27. The third-order valence-corrected chi connectivity index (χ3v) is 4.64. The average molecular weight is 402 g/mol. The average Bonchev–Trinajstić information content (AvgIpc) is 2.91. The number of carbonyl (C=O) groups is 1. The first-order valence-electron chi connectivity index (χ1n) is 7.87. The Morgan fingerprint density at radius 3 is 2.59 bits per heavy atom. The highest BCUT2D eigenvalue weighted by atomic mass is 32.1. The van der Waals surface area contributed by atoms with Gasteiger partial charge in [0.15, 0.2) is 0 Å². The van der Waals surface area contributed by atoms with E-state index in [9.17, 15) is 28.1 Å². The molecule has 0 fully saturated rings. The van der Waals surface area contributed by atoms with E-state index in [1.807, 2.05) is 13.8 Å². The predicted molar refractivity (Wildman–Crippen MR) is 94.6 cm³/mol. The van der Waals surface area contributed by atoms with Crippen molar-refractivity contribution in [3.8, 4) is 0 Å². The topological polar surface area (TPSA) is 97.2 Å². The van der Waals surface area contributed by atoms with Crippen molar-refractivity contribution in [1.82, 2.24) is 10.4 Å². The molecule has 2 N–H and O–H groups in total. The number of thiazole rings is 1. The Bertz CT molecular complexity index is 865. The standard InChI is InChI=1S/C16H17F3N4O3S/c1-8(2)6-13-20-9(3)14(27-13)15(24)22-21-11-5-4-10(16(17,18)19)7-12(11)23(25)26/h4-5,7-8,21H,6H2,1-3H3,(H,22,24). The number of nitro groups is 1. The van der Waals surface area contributed by atoms with Gasteiger partial charge < -0.3 is 0 Å². The smallest absolute Gasteiger partial charge is 0.292 e. The summed E-state index contributed by atoms with van der Waals surface area (Å²) in [5.41, 5.74) is 2.89. The lowest BCUT2D eigenvalue weighted by Gasteiger charge is -2.11. The quantitative estimate of drug-likeness (QED) is 0.554. The maximum Gasteiger partial charge on any atom is 0.416 e. The number of rotatable bonds is 6. The number of hydrazine groups is 1. The summed E-state index contributed by atoms with van der Waals surface area (Å²) in [6, 6.07) is 2.00. The zero-order valence-corrected chi connectivity index (χ0v) is 15.5. The number of nitrogens with zero attached hydrogens (tertiary/aromatic N) is 2. The molecule has 1 aromatic carbocycles. The van der Waals surface area contributed by atoms with Crippen molar-refractivity contribution in [3.63, 3.8) is 0 Å². The monoisotopic (exact) mass is 402 g/mol. The molecule has 1 heterocycles. The molecule has 11 heteroatoms. The molecular formula is C16H17F3N4O3S. The second-order valence-electron chi connectivity index (χ2n) is 6.19. The van der Waals surface area contributed by atoms with E-state index in [0.29, 0.717) is 35.0 Å². The van der Waals surface area contributed by atoms with E-state index in [1.165, 1.54) is 11.3 Å². The molecule has 0 aliphatic heterocycles. The zero-order chi connectivity index (χ0) is 20.4. The van der Waals surface area contributed by atoms with Crippen LogP contribution in [0.5, 0.6) is 0 Å². The lowest BCUT2D eigenvalue weighted by Crippen LogP contribution is -2.29. The summed E-state index contributed by atoms with van der Waals surface area (Å²) in [6.07, 6.45) is -4.00. The second kappa shape index (κ2) is 7.91. The number of aromatic nitrogens is 1. The molecule has 27 heavy (non-hydrogen) atoms. The molecule has 7 nitrogen and oxygen atoms in total. The fourth-order valence-corrected chi connectivity index (χ4v) is 3.42. The summed E-state index contributed by atoms with van der Waals surface area (Å²) in [5.74, 6) is -0.214. The van der Waals surface area contributed by atoms with Crippen molar-refractivity contribution in [2.45, 2.75) is 33.4 Å². The van der Waals surface area contributed by atoms with Crippen LogP contribution in [-0.2, 0) is 12.6 Å². The Labute approximate surface area is 156 Å². The highest BCUT2D eigenvalue weighted by Gasteiger charge is 2.33. The minimum absolute atomic E-state index is 0.258. The minimum atomic E-state index is -4.71. The number of nitrogens with one attached hydrogen (secondary N) is 2. The molecule has 0 aliphatic rings. The summed E-state index contributed by atoms with van der Waals surface area (Å²) >= 11 is 1.20. The number of amides is 1. The fourth-order valence-electron chi connectivity index (χ4n) is 2.25. The minimum Gasteiger partial charge on any atom is -0.292 e. The van der Waals surface area contributed by atoms with Crippen LogP contribution < -0.4 is 10.9 Å². The van der Waals surface area contributed by atoms with Crippen LogP contribution in [0.3, 0.4) is 0 Å². The Balaban J connectivity index is 2.17. The molecule has 146 valence electrons. The maximum atomic E-state index is 12.7. The first-order chi connectivity index (χ1) is 12.5. The molecule has 0 atom stereocenters. The number of anilines is 1. The lowest BCUT2D eigenvalue weighted by molar-refractivity contribution is -0.384. The van der Waals surface area contributed by atoms with E-state index in [-0.39, 0.29) is 5.69 Å². The van der Waals surface area contributed by atoms with Gasteiger partial charge in [0.25, 0.3) is 11.6 Å². The molecule has 0 unspecified atom stereocenters. The molecule has 0 saturated heterocycles. The van der Waals surface area contributed by atoms with Crippen LogP contribution in [0.25, 0.3) is 0 Å². The molecule has 2 aromatic rings. The largest absolute Gasteiger partial charge is 0.416 e. The van der Waals surface area contributed by atoms with Gasteiger partial charge in [0.1, 0.15) is 10.6 Å². The SMILES string of the molecule is Cc1nc(CC(C)C)sc1C(=O)NNc1ccc(C(F)(F)F)cc1[N+](=O)[O-]. The highest BCUT2D eigenvalue weighted by Crippen LogP contribution is 2.34. The zero-order valence-electron chi connectivity index (χ0n) is 14.7. The van der Waals surface area contributed by atoms with Crippen LogP contribution in [-0.4, -0.2) is 15.8 Å². The molecule has 1 amide bonds. The van der Waals surface area contributed by atoms with Crippen LogP contribution in [0.2, 0.25) is 0 Å². The van der Waals surface area contributed by atoms with Crippen LogP contribution in [0, 0.1) is 23.0 Å². The first kappa shape index (κ1) is 20.6. The first-order valence-corrected chi connectivity index (χ1v) is 8.69. The number of nitro benzene ring substituents is 1. The van der Waals surface area contributed by atoms with Crippen LogP contribution in [0.15, 0.2) is 18.2 Å². The van der Waals surface area contributed by atoms with Gasteiger partial charge >= 0.3 is 6.18 Å². The molecular weight excluding hydrogens is 385 g/mol. The third-order valence-electron chi connectivity index (χ3n) is 3.46. The van der Waals surface area contributed by atoms with Crippen LogP contribution in [0.4, 0.5) is 24.5 Å². The van der Waals surface area contributed by atoms with Gasteiger partial charge in [0.2, 0.25) is 0 Å². The van der Waals surface area contributed by atoms with Crippen molar-refractivity contribution < 1.29 is 22.9 Å². The number of aryl methyl sites for hydroxylation is 1. The lowest BCUT2D eigenvalue weighted by atomic mass is 10.1. The summed E-state index contributed by atoms with van der Waals surface area (Å²) in [6.45, 7) is 5.69. The van der Waals surface area contributed by atoms with E-state index in [1.54, 1.807) is 6.92 Å². The number of hydrogen-bond acceptors (Lipinski definition) is 6. The molecule has 0 spiro atoms. The molecule has 2 rings (SSSR count). The normalized spacial score (nSPS) is 11.5. The molecule has 0 aliphatic carbocycles. The van der Waals surface area contributed by atoms with Crippen molar-refractivity contribution in [2.75, 3.05) is 5.43 Å². The van der Waals surface area contributed by atoms with Gasteiger partial charge in [-0.1, -0.05) is 13.8 Å². The van der Waals surface area contributed by atoms with Gasteiger partial charge in [-0.3, -0.25) is 25.8 Å². The van der Waals surface area contributed by atoms with Gasteiger partial charge in [-0.15, -0.1) is 11.3 Å². The predicted octanol–water partition coefficient (Wildman–Crippen LogP) is 4.33. The number of alkyl halides is 3. The fraction of sp³-hybridized carbons (Fsp3) is 0.375. The number of carbonyl (C=O) groups excluding carboxylic acids is 1. The Hall–Kier alpha value is -2.69. The molecule has 0 saturated carbocycles. The van der Waals surface area contributed by atoms with Gasteiger partial charge in [-0.2, -0.15) is 13.2 Å². The van der Waals surface area contributed by atoms with Crippen molar-refractivity contribution in [1.29, 1.82) is 0 Å². The number of hydrogen-bond donors (Lipinski definition) is 2. The van der Waals surface area contributed by atoms with E-state index in [0.717, 1.165) is 11.1 Å². The maximum absolute atomic E-state index is 12.7.